The van der Waals surface area contributed by atoms with Gasteiger partial charge in [0, 0.05) is 0 Å². The maximum atomic E-state index is 10.1. The van der Waals surface area contributed by atoms with Gasteiger partial charge in [-0.1, -0.05) is 19.1 Å². The summed E-state index contributed by atoms with van der Waals surface area (Å²) in [7, 11) is 1.77. The van der Waals surface area contributed by atoms with Gasteiger partial charge < -0.3 is 9.84 Å². The molecule has 1 N–H and O–H groups in total. The maximum absolute atomic E-state index is 10.1. The second kappa shape index (κ2) is 5.88. The predicted octanol–water partition coefficient (Wildman–Crippen LogP) is 5.58. The molecule has 136 valence electrons. The minimum absolute atomic E-state index is 0.284. The topological polar surface area (TPSA) is 29.5 Å². The van der Waals surface area contributed by atoms with E-state index in [9.17, 15) is 5.11 Å². The average Bonchev–Trinajstić information content (AvgIpc) is 2.96. The van der Waals surface area contributed by atoms with Crippen LogP contribution in [0.2, 0.25) is 0 Å². The number of benzene rings is 2. The highest BCUT2D eigenvalue weighted by Crippen LogP contribution is 2.60. The molecule has 2 aromatic carbocycles. The number of aromatic hydroxyl groups is 1. The summed E-state index contributed by atoms with van der Waals surface area (Å²) in [4.78, 5) is 0. The lowest BCUT2D eigenvalue weighted by Gasteiger charge is -2.49. The molecule has 26 heavy (non-hydrogen) atoms. The molecule has 1 saturated carbocycles. The van der Waals surface area contributed by atoms with Gasteiger partial charge in [-0.25, -0.2) is 0 Å². The summed E-state index contributed by atoms with van der Waals surface area (Å²) in [6, 6.07) is 10.8. The van der Waals surface area contributed by atoms with Crippen LogP contribution in [0.25, 0.3) is 0 Å². The Balaban J connectivity index is 1.55. The first-order chi connectivity index (χ1) is 12.5. The zero-order chi connectivity index (χ0) is 18.1. The van der Waals surface area contributed by atoms with Crippen LogP contribution in [0.15, 0.2) is 30.3 Å². The van der Waals surface area contributed by atoms with Crippen molar-refractivity contribution in [2.75, 3.05) is 7.11 Å². The molecule has 0 amide bonds. The molecule has 3 heteroatoms. The van der Waals surface area contributed by atoms with Gasteiger partial charge in [0.15, 0.2) is 0 Å². The van der Waals surface area contributed by atoms with Gasteiger partial charge in [-0.3, -0.25) is 0 Å². The minimum Gasteiger partial charge on any atom is -0.507 e. The Morgan fingerprint density at radius 1 is 1.19 bits per heavy atom. The lowest BCUT2D eigenvalue weighted by molar-refractivity contribution is 0.106. The molecule has 2 nitrogen and oxygen atoms in total. The first-order valence-corrected chi connectivity index (χ1v) is 10.8. The molecule has 0 spiro atoms. The fraction of sp³-hybridized carbons (Fsp3) is 0.478. The summed E-state index contributed by atoms with van der Waals surface area (Å²) >= 11 is 2.33. The first-order valence-electron chi connectivity index (χ1n) is 9.70. The molecule has 3 aliphatic rings. The molecular formula is C23H25IO2. The number of rotatable bonds is 1. The summed E-state index contributed by atoms with van der Waals surface area (Å²) in [6.07, 6.45) is 6.07. The Morgan fingerprint density at radius 3 is 2.85 bits per heavy atom. The number of phenolic OH excluding ortho intramolecular Hbond substituents is 1. The van der Waals surface area contributed by atoms with Gasteiger partial charge in [0.2, 0.25) is 0 Å². The van der Waals surface area contributed by atoms with Crippen molar-refractivity contribution < 1.29 is 9.84 Å². The Morgan fingerprint density at radius 2 is 2.04 bits per heavy atom. The van der Waals surface area contributed by atoms with E-state index in [1.165, 1.54) is 47.9 Å². The quantitative estimate of drug-likeness (QED) is 0.564. The summed E-state index contributed by atoms with van der Waals surface area (Å²) in [5, 5.41) is 10.1. The smallest absolute Gasteiger partial charge is 0.129 e. The first kappa shape index (κ1) is 16.9. The molecule has 1 fully saturated rings. The molecule has 0 bridgehead atoms. The molecule has 0 aromatic heterocycles. The van der Waals surface area contributed by atoms with Gasteiger partial charge in [0.05, 0.1) is 10.7 Å². The van der Waals surface area contributed by atoms with Gasteiger partial charge in [-0.15, -0.1) is 0 Å². The molecule has 2 aromatic rings. The number of halogens is 1. The summed E-state index contributed by atoms with van der Waals surface area (Å²) in [6.45, 7) is 2.50. The van der Waals surface area contributed by atoms with E-state index in [-0.39, 0.29) is 5.41 Å². The van der Waals surface area contributed by atoms with Gasteiger partial charge in [0.1, 0.15) is 11.5 Å². The third-order valence-electron chi connectivity index (χ3n) is 7.59. The number of ether oxygens (including phenoxy) is 1. The Bertz CT molecular complexity index is 890. The molecule has 0 unspecified atom stereocenters. The normalized spacial score (nSPS) is 31.6. The fourth-order valence-electron chi connectivity index (χ4n) is 6.27. The van der Waals surface area contributed by atoms with Crippen LogP contribution in [-0.4, -0.2) is 12.2 Å². The van der Waals surface area contributed by atoms with E-state index in [2.05, 4.69) is 53.8 Å². The maximum Gasteiger partial charge on any atom is 0.129 e. The van der Waals surface area contributed by atoms with E-state index in [1.807, 2.05) is 6.07 Å². The van der Waals surface area contributed by atoms with Crippen molar-refractivity contribution in [1.29, 1.82) is 0 Å². The predicted molar refractivity (Wildman–Crippen MR) is 112 cm³/mol. The van der Waals surface area contributed by atoms with E-state index in [4.69, 9.17) is 4.74 Å². The highest BCUT2D eigenvalue weighted by Gasteiger charge is 2.52. The van der Waals surface area contributed by atoms with Crippen molar-refractivity contribution in [3.05, 3.63) is 56.2 Å². The molecule has 0 radical (unpaired) electrons. The monoisotopic (exact) mass is 460 g/mol. The third kappa shape index (κ3) is 2.22. The second-order valence-electron chi connectivity index (χ2n) is 8.57. The molecule has 0 saturated heterocycles. The van der Waals surface area contributed by atoms with Crippen LogP contribution in [-0.2, 0) is 18.3 Å². The van der Waals surface area contributed by atoms with E-state index in [0.717, 1.165) is 27.6 Å². The van der Waals surface area contributed by atoms with E-state index in [1.54, 1.807) is 7.11 Å². The number of hydrogen-bond donors (Lipinski definition) is 1. The molecular weight excluding hydrogens is 435 g/mol. The lowest BCUT2D eigenvalue weighted by atomic mass is 9.55. The zero-order valence-electron chi connectivity index (χ0n) is 15.4. The molecule has 0 heterocycles. The van der Waals surface area contributed by atoms with Gasteiger partial charge in [0.25, 0.3) is 0 Å². The van der Waals surface area contributed by atoms with Crippen LogP contribution in [0.4, 0.5) is 0 Å². The SMILES string of the molecule is COc1ccc2c(c1)[C@@]1(C)CC[C@@H]3c4ccc(O)c(I)c4CC[C@H]3[C@@H]1C2. The highest BCUT2D eigenvalue weighted by atomic mass is 127. The minimum atomic E-state index is 0.284. The van der Waals surface area contributed by atoms with E-state index in [0.29, 0.717) is 11.7 Å². The van der Waals surface area contributed by atoms with Crippen LogP contribution in [0, 0.1) is 15.4 Å². The average molecular weight is 460 g/mol. The van der Waals surface area contributed by atoms with Crippen molar-refractivity contribution in [3.63, 3.8) is 0 Å². The van der Waals surface area contributed by atoms with Crippen LogP contribution >= 0.6 is 22.6 Å². The zero-order valence-corrected chi connectivity index (χ0v) is 17.5. The summed E-state index contributed by atoms with van der Waals surface area (Å²) in [5.74, 6) is 3.57. The highest BCUT2D eigenvalue weighted by molar-refractivity contribution is 14.1. The van der Waals surface area contributed by atoms with E-state index >= 15 is 0 Å². The van der Waals surface area contributed by atoms with Gasteiger partial charge >= 0.3 is 0 Å². The Labute approximate surface area is 169 Å². The Hall–Kier alpha value is -1.23. The van der Waals surface area contributed by atoms with Crippen LogP contribution in [0.3, 0.4) is 0 Å². The van der Waals surface area contributed by atoms with Crippen molar-refractivity contribution in [3.8, 4) is 11.5 Å². The van der Waals surface area contributed by atoms with Crippen molar-refractivity contribution in [1.82, 2.24) is 0 Å². The van der Waals surface area contributed by atoms with E-state index < -0.39 is 0 Å². The lowest BCUT2D eigenvalue weighted by Crippen LogP contribution is -2.43. The molecule has 5 rings (SSSR count). The van der Waals surface area contributed by atoms with Crippen molar-refractivity contribution >= 4 is 22.6 Å². The van der Waals surface area contributed by atoms with Crippen LogP contribution in [0.1, 0.15) is 54.4 Å². The summed E-state index contributed by atoms with van der Waals surface area (Å²) in [5.41, 5.74) is 6.27. The fourth-order valence-corrected chi connectivity index (χ4v) is 7.03. The standard InChI is InChI=1S/C23H25IO2/c1-23-10-9-16-15-7-8-21(25)22(24)18(15)6-5-17(16)20(23)11-13-3-4-14(26-2)12-19(13)23/h3-4,7-8,12,16-17,20,25H,5-6,9-11H2,1-2H3/t16-,17-,20+,23-/m1/s1. The molecule has 3 aliphatic carbocycles. The second-order valence-corrected chi connectivity index (χ2v) is 9.64. The van der Waals surface area contributed by atoms with Crippen LogP contribution in [0.5, 0.6) is 11.5 Å². The molecule has 4 atom stereocenters. The Kier molecular flexibility index (Phi) is 3.83. The number of phenols is 1. The molecule has 0 aliphatic heterocycles. The number of fused-ring (bicyclic) bond motifs is 7. The van der Waals surface area contributed by atoms with Crippen molar-refractivity contribution in [2.45, 2.75) is 50.4 Å². The largest absolute Gasteiger partial charge is 0.507 e. The van der Waals surface area contributed by atoms with Crippen LogP contribution < -0.4 is 4.74 Å². The van der Waals surface area contributed by atoms with Gasteiger partial charge in [-0.2, -0.15) is 0 Å². The third-order valence-corrected chi connectivity index (χ3v) is 8.79. The number of methoxy groups -OCH3 is 1. The van der Waals surface area contributed by atoms with Crippen molar-refractivity contribution in [2.24, 2.45) is 11.8 Å². The van der Waals surface area contributed by atoms with Gasteiger partial charge in [-0.05, 0) is 118 Å². The summed E-state index contributed by atoms with van der Waals surface area (Å²) < 4.78 is 6.59. The number of hydrogen-bond acceptors (Lipinski definition) is 2.